The van der Waals surface area contributed by atoms with Gasteiger partial charge in [-0.05, 0) is 38.5 Å². The van der Waals surface area contributed by atoms with E-state index in [4.69, 9.17) is 0 Å². The van der Waals surface area contributed by atoms with Crippen LogP contribution in [0.2, 0.25) is 0 Å². The summed E-state index contributed by atoms with van der Waals surface area (Å²) in [6.45, 7) is 4.00. The molecule has 1 saturated carbocycles. The Morgan fingerprint density at radius 3 is 2.65 bits per heavy atom. The van der Waals surface area contributed by atoms with E-state index >= 15 is 0 Å². The van der Waals surface area contributed by atoms with Gasteiger partial charge >= 0.3 is 0 Å². The van der Waals surface area contributed by atoms with E-state index in [-0.39, 0.29) is 5.91 Å². The third-order valence-corrected chi connectivity index (χ3v) is 4.64. The Bertz CT molecular complexity index is 550. The van der Waals surface area contributed by atoms with Crippen LogP contribution >= 0.6 is 11.8 Å². The summed E-state index contributed by atoms with van der Waals surface area (Å²) in [5.41, 5.74) is 2.70. The summed E-state index contributed by atoms with van der Waals surface area (Å²) >= 11 is 1.49. The maximum Gasteiger partial charge on any atom is 0.235 e. The zero-order chi connectivity index (χ0) is 14.7. The second-order valence-electron chi connectivity index (χ2n) is 5.34. The summed E-state index contributed by atoms with van der Waals surface area (Å²) in [5.74, 6) is 1.08. The van der Waals surface area contributed by atoms with Crippen molar-refractivity contribution in [3.8, 4) is 6.07 Å². The van der Waals surface area contributed by atoms with Crippen LogP contribution in [0.15, 0.2) is 0 Å². The first kappa shape index (κ1) is 15.0. The number of nitrogens with zero attached hydrogens (tertiary/aromatic N) is 2. The molecule has 1 aliphatic carbocycles. The van der Waals surface area contributed by atoms with Gasteiger partial charge in [0.2, 0.25) is 5.91 Å². The van der Waals surface area contributed by atoms with E-state index in [2.05, 4.69) is 16.0 Å². The maximum absolute atomic E-state index is 11.9. The largest absolute Gasteiger partial charge is 0.327 e. The normalized spacial score (nSPS) is 15.3. The predicted molar refractivity (Wildman–Crippen MR) is 83.1 cm³/mol. The molecule has 1 fully saturated rings. The van der Waals surface area contributed by atoms with E-state index < -0.39 is 0 Å². The molecule has 0 unspecified atom stereocenters. The topological polar surface area (TPSA) is 57.8 Å². The number of nitriles is 1. The minimum absolute atomic E-state index is 0.0363. The van der Waals surface area contributed by atoms with Gasteiger partial charge in [-0.25, -0.2) is 0 Å². The molecule has 1 N–H and O–H groups in total. The number of nitrogens with one attached hydrogen (secondary N) is 1. The molecule has 0 saturated heterocycles. The quantitative estimate of drug-likeness (QED) is 0.925. The standard InChI is InChI=1S/C15H21N3OS/c1-10-11(2)18(12-6-4-5-7-12)15(13(10)8-16)17-14(19)9-20-3/h12H,4-7,9H2,1-3H3,(H,17,19). The Balaban J connectivity index is 2.43. The lowest BCUT2D eigenvalue weighted by atomic mass is 10.2. The minimum Gasteiger partial charge on any atom is -0.327 e. The highest BCUT2D eigenvalue weighted by molar-refractivity contribution is 7.99. The van der Waals surface area contributed by atoms with Crippen LogP contribution in [0.1, 0.15) is 48.5 Å². The summed E-state index contributed by atoms with van der Waals surface area (Å²) in [6.07, 6.45) is 6.61. The fourth-order valence-corrected chi connectivity index (χ4v) is 3.34. The van der Waals surface area contributed by atoms with Gasteiger partial charge in [-0.15, -0.1) is 0 Å². The van der Waals surface area contributed by atoms with Crippen molar-refractivity contribution in [3.63, 3.8) is 0 Å². The Hall–Kier alpha value is -1.41. The van der Waals surface area contributed by atoms with E-state index in [1.807, 2.05) is 20.1 Å². The molecule has 2 rings (SSSR count). The average molecular weight is 291 g/mol. The lowest BCUT2D eigenvalue weighted by molar-refractivity contribution is -0.113. The van der Waals surface area contributed by atoms with Gasteiger partial charge in [0, 0.05) is 11.7 Å². The molecule has 0 bridgehead atoms. The van der Waals surface area contributed by atoms with Gasteiger partial charge in [0.1, 0.15) is 11.9 Å². The summed E-state index contributed by atoms with van der Waals surface area (Å²) in [4.78, 5) is 11.9. The van der Waals surface area contributed by atoms with Gasteiger partial charge in [0.15, 0.2) is 0 Å². The molecule has 1 aromatic heterocycles. The van der Waals surface area contributed by atoms with Crippen LogP contribution < -0.4 is 5.32 Å². The van der Waals surface area contributed by atoms with Gasteiger partial charge in [0.25, 0.3) is 0 Å². The first-order chi connectivity index (χ1) is 9.60. The molecule has 0 aromatic carbocycles. The third kappa shape index (κ3) is 2.71. The van der Waals surface area contributed by atoms with Crippen LogP contribution in [0.4, 0.5) is 5.82 Å². The monoisotopic (exact) mass is 291 g/mol. The summed E-state index contributed by atoms with van der Waals surface area (Å²) in [5, 5.41) is 12.4. The molecule has 20 heavy (non-hydrogen) atoms. The van der Waals surface area contributed by atoms with Crippen molar-refractivity contribution in [2.45, 2.75) is 45.6 Å². The van der Waals surface area contributed by atoms with E-state index in [0.717, 1.165) is 24.1 Å². The number of carbonyl (C=O) groups is 1. The Labute approximate surface area is 124 Å². The van der Waals surface area contributed by atoms with Crippen LogP contribution in [-0.2, 0) is 4.79 Å². The number of carbonyl (C=O) groups excluding carboxylic acids is 1. The lowest BCUT2D eigenvalue weighted by Crippen LogP contribution is -2.19. The number of hydrogen-bond donors (Lipinski definition) is 1. The fraction of sp³-hybridized carbons (Fsp3) is 0.600. The smallest absolute Gasteiger partial charge is 0.235 e. The van der Waals surface area contributed by atoms with Crippen LogP contribution in [-0.4, -0.2) is 22.5 Å². The molecule has 0 radical (unpaired) electrons. The number of thioether (sulfide) groups is 1. The van der Waals surface area contributed by atoms with Gasteiger partial charge in [-0.1, -0.05) is 12.8 Å². The van der Waals surface area contributed by atoms with Crippen molar-refractivity contribution >= 4 is 23.5 Å². The third-order valence-electron chi connectivity index (χ3n) is 4.09. The Morgan fingerprint density at radius 2 is 2.10 bits per heavy atom. The van der Waals surface area contributed by atoms with Crippen LogP contribution in [0.25, 0.3) is 0 Å². The molecule has 108 valence electrons. The summed E-state index contributed by atoms with van der Waals surface area (Å²) < 4.78 is 2.18. The number of anilines is 1. The van der Waals surface area contributed by atoms with Crippen molar-refractivity contribution in [2.75, 3.05) is 17.3 Å². The molecule has 1 heterocycles. The highest BCUT2D eigenvalue weighted by Crippen LogP contribution is 2.37. The predicted octanol–water partition coefficient (Wildman–Crippen LogP) is 3.39. The first-order valence-corrected chi connectivity index (χ1v) is 8.39. The zero-order valence-electron chi connectivity index (χ0n) is 12.3. The van der Waals surface area contributed by atoms with E-state index in [9.17, 15) is 10.1 Å². The highest BCUT2D eigenvalue weighted by atomic mass is 32.2. The minimum atomic E-state index is -0.0363. The zero-order valence-corrected chi connectivity index (χ0v) is 13.1. The van der Waals surface area contributed by atoms with Crippen LogP contribution in [0, 0.1) is 25.2 Å². The SMILES string of the molecule is CSCC(=O)Nc1c(C#N)c(C)c(C)n1C1CCCC1. The molecule has 1 amide bonds. The molecule has 1 aliphatic rings. The van der Waals surface area contributed by atoms with E-state index in [0.29, 0.717) is 23.2 Å². The van der Waals surface area contributed by atoms with Crippen molar-refractivity contribution < 1.29 is 4.79 Å². The Kier molecular flexibility index (Phi) is 4.77. The van der Waals surface area contributed by atoms with Crippen molar-refractivity contribution in [1.29, 1.82) is 5.26 Å². The molecular formula is C15H21N3OS. The number of amides is 1. The van der Waals surface area contributed by atoms with E-state index in [1.54, 1.807) is 0 Å². The second kappa shape index (κ2) is 6.36. The lowest BCUT2D eigenvalue weighted by Gasteiger charge is -2.19. The van der Waals surface area contributed by atoms with Crippen LogP contribution in [0.5, 0.6) is 0 Å². The molecule has 1 aromatic rings. The Morgan fingerprint density at radius 1 is 1.45 bits per heavy atom. The molecule has 5 heteroatoms. The molecule has 0 aliphatic heterocycles. The highest BCUT2D eigenvalue weighted by Gasteiger charge is 2.26. The van der Waals surface area contributed by atoms with Crippen molar-refractivity contribution in [2.24, 2.45) is 0 Å². The second-order valence-corrected chi connectivity index (χ2v) is 6.20. The van der Waals surface area contributed by atoms with Crippen molar-refractivity contribution in [3.05, 3.63) is 16.8 Å². The first-order valence-electron chi connectivity index (χ1n) is 7.00. The van der Waals surface area contributed by atoms with Crippen molar-refractivity contribution in [1.82, 2.24) is 4.57 Å². The number of rotatable bonds is 4. The van der Waals surface area contributed by atoms with Gasteiger partial charge in [-0.3, -0.25) is 4.79 Å². The van der Waals surface area contributed by atoms with Crippen LogP contribution in [0.3, 0.4) is 0 Å². The molecule has 0 atom stereocenters. The fourth-order valence-electron chi connectivity index (χ4n) is 3.01. The number of aromatic nitrogens is 1. The molecule has 0 spiro atoms. The van der Waals surface area contributed by atoms with Gasteiger partial charge in [-0.2, -0.15) is 17.0 Å². The molecule has 4 nitrogen and oxygen atoms in total. The van der Waals surface area contributed by atoms with Gasteiger partial charge < -0.3 is 9.88 Å². The number of hydrogen-bond acceptors (Lipinski definition) is 3. The maximum atomic E-state index is 11.9. The average Bonchev–Trinajstić information content (AvgIpc) is 2.99. The summed E-state index contributed by atoms with van der Waals surface area (Å²) in [6, 6.07) is 2.67. The van der Waals surface area contributed by atoms with E-state index in [1.165, 1.54) is 24.6 Å². The van der Waals surface area contributed by atoms with Gasteiger partial charge in [0.05, 0.1) is 11.3 Å². The molecular weight excluding hydrogens is 270 g/mol. The summed E-state index contributed by atoms with van der Waals surface area (Å²) in [7, 11) is 0.